The van der Waals surface area contributed by atoms with Crippen molar-refractivity contribution in [2.24, 2.45) is 5.92 Å². The van der Waals surface area contributed by atoms with E-state index in [1.165, 1.54) is 32.1 Å². The Labute approximate surface area is 94.8 Å². The molecular weight excluding hydrogens is 186 g/mol. The molecule has 2 heteroatoms. The van der Waals surface area contributed by atoms with E-state index in [2.05, 4.69) is 26.1 Å². The van der Waals surface area contributed by atoms with Crippen LogP contribution < -0.4 is 5.32 Å². The number of hydrogen-bond donors (Lipinski definition) is 1. The average molecular weight is 213 g/mol. The van der Waals surface area contributed by atoms with Crippen molar-refractivity contribution in [2.75, 3.05) is 13.7 Å². The topological polar surface area (TPSA) is 21.3 Å². The summed E-state index contributed by atoms with van der Waals surface area (Å²) in [6.07, 6.45) is 6.30. The summed E-state index contributed by atoms with van der Waals surface area (Å²) < 4.78 is 5.69. The van der Waals surface area contributed by atoms with Gasteiger partial charge in [0.15, 0.2) is 0 Å². The number of methoxy groups -OCH3 is 1. The Bertz CT molecular complexity index is 170. The zero-order chi connectivity index (χ0) is 11.3. The molecule has 0 spiro atoms. The molecule has 0 bridgehead atoms. The van der Waals surface area contributed by atoms with Gasteiger partial charge in [-0.1, -0.05) is 20.8 Å². The Morgan fingerprint density at radius 1 is 1.33 bits per heavy atom. The SMILES string of the molecule is CCNC(CC(C)C)CC1(OC)CCC1. The smallest absolute Gasteiger partial charge is 0.0693 e. The van der Waals surface area contributed by atoms with Crippen molar-refractivity contribution in [1.82, 2.24) is 5.32 Å². The standard InChI is InChI=1S/C13H27NO/c1-5-14-12(9-11(2)3)10-13(15-4)7-6-8-13/h11-12,14H,5-10H2,1-4H3. The van der Waals surface area contributed by atoms with Crippen LogP contribution in [0.1, 0.15) is 52.9 Å². The highest BCUT2D eigenvalue weighted by Gasteiger charge is 2.38. The molecular formula is C13H27NO. The minimum Gasteiger partial charge on any atom is -0.378 e. The molecule has 90 valence electrons. The van der Waals surface area contributed by atoms with E-state index in [9.17, 15) is 0 Å². The van der Waals surface area contributed by atoms with Crippen molar-refractivity contribution >= 4 is 0 Å². The molecule has 0 aromatic carbocycles. The van der Waals surface area contributed by atoms with E-state index < -0.39 is 0 Å². The van der Waals surface area contributed by atoms with Crippen LogP contribution in [-0.2, 0) is 4.74 Å². The van der Waals surface area contributed by atoms with Crippen molar-refractivity contribution in [3.05, 3.63) is 0 Å². The van der Waals surface area contributed by atoms with Crippen LogP contribution in [0.4, 0.5) is 0 Å². The van der Waals surface area contributed by atoms with E-state index >= 15 is 0 Å². The molecule has 15 heavy (non-hydrogen) atoms. The lowest BCUT2D eigenvalue weighted by Crippen LogP contribution is -2.46. The molecule has 0 aliphatic heterocycles. The fraction of sp³-hybridized carbons (Fsp3) is 1.00. The van der Waals surface area contributed by atoms with Crippen LogP contribution in [0.15, 0.2) is 0 Å². The molecule has 0 saturated heterocycles. The first-order chi connectivity index (χ1) is 7.12. The van der Waals surface area contributed by atoms with Gasteiger partial charge in [0.2, 0.25) is 0 Å². The lowest BCUT2D eigenvalue weighted by molar-refractivity contribution is -0.0843. The van der Waals surface area contributed by atoms with Gasteiger partial charge in [0.05, 0.1) is 5.60 Å². The summed E-state index contributed by atoms with van der Waals surface area (Å²) >= 11 is 0. The molecule has 0 heterocycles. The lowest BCUT2D eigenvalue weighted by Gasteiger charge is -2.43. The molecule has 1 aliphatic carbocycles. The molecule has 1 rings (SSSR count). The normalized spacial score (nSPS) is 21.4. The lowest BCUT2D eigenvalue weighted by atomic mass is 9.74. The Balaban J connectivity index is 2.41. The first-order valence-electron chi connectivity index (χ1n) is 6.40. The monoisotopic (exact) mass is 213 g/mol. The summed E-state index contributed by atoms with van der Waals surface area (Å²) in [4.78, 5) is 0. The van der Waals surface area contributed by atoms with Gasteiger partial charge in [0.1, 0.15) is 0 Å². The summed E-state index contributed by atoms with van der Waals surface area (Å²) in [5.74, 6) is 0.767. The van der Waals surface area contributed by atoms with E-state index in [4.69, 9.17) is 4.74 Å². The predicted molar refractivity (Wildman–Crippen MR) is 65.1 cm³/mol. The van der Waals surface area contributed by atoms with Gasteiger partial charge in [-0.2, -0.15) is 0 Å². The maximum Gasteiger partial charge on any atom is 0.0693 e. The Hall–Kier alpha value is -0.0800. The van der Waals surface area contributed by atoms with Crippen molar-refractivity contribution < 1.29 is 4.74 Å². The number of ether oxygens (including phenoxy) is 1. The number of hydrogen-bond acceptors (Lipinski definition) is 2. The molecule has 0 amide bonds. The van der Waals surface area contributed by atoms with Gasteiger partial charge in [-0.3, -0.25) is 0 Å². The first-order valence-corrected chi connectivity index (χ1v) is 6.40. The van der Waals surface area contributed by atoms with Crippen LogP contribution in [0.25, 0.3) is 0 Å². The van der Waals surface area contributed by atoms with E-state index in [0.717, 1.165) is 12.5 Å². The highest BCUT2D eigenvalue weighted by Crippen LogP contribution is 2.39. The van der Waals surface area contributed by atoms with Gasteiger partial charge in [-0.05, 0) is 44.6 Å². The van der Waals surface area contributed by atoms with Crippen molar-refractivity contribution in [3.63, 3.8) is 0 Å². The highest BCUT2D eigenvalue weighted by molar-refractivity contribution is 4.93. The van der Waals surface area contributed by atoms with Gasteiger partial charge >= 0.3 is 0 Å². The van der Waals surface area contributed by atoms with Gasteiger partial charge in [-0.25, -0.2) is 0 Å². The third kappa shape index (κ3) is 3.76. The van der Waals surface area contributed by atoms with E-state index in [-0.39, 0.29) is 5.60 Å². The van der Waals surface area contributed by atoms with Crippen molar-refractivity contribution in [1.29, 1.82) is 0 Å². The van der Waals surface area contributed by atoms with E-state index in [1.54, 1.807) is 0 Å². The predicted octanol–water partition coefficient (Wildman–Crippen LogP) is 2.97. The molecule has 1 N–H and O–H groups in total. The fourth-order valence-corrected chi connectivity index (χ4v) is 2.61. The molecule has 0 aromatic rings. The zero-order valence-electron chi connectivity index (χ0n) is 10.8. The summed E-state index contributed by atoms with van der Waals surface area (Å²) in [7, 11) is 1.87. The fourth-order valence-electron chi connectivity index (χ4n) is 2.61. The summed E-state index contributed by atoms with van der Waals surface area (Å²) in [5, 5.41) is 3.59. The quantitative estimate of drug-likeness (QED) is 0.702. The maximum atomic E-state index is 5.69. The van der Waals surface area contributed by atoms with Crippen molar-refractivity contribution in [3.8, 4) is 0 Å². The zero-order valence-corrected chi connectivity index (χ0v) is 10.8. The second-order valence-corrected chi connectivity index (χ2v) is 5.33. The number of nitrogens with one attached hydrogen (secondary N) is 1. The molecule has 1 fully saturated rings. The summed E-state index contributed by atoms with van der Waals surface area (Å²) in [5.41, 5.74) is 0.210. The van der Waals surface area contributed by atoms with Crippen LogP contribution in [-0.4, -0.2) is 25.3 Å². The number of rotatable bonds is 7. The van der Waals surface area contributed by atoms with Crippen LogP contribution >= 0.6 is 0 Å². The van der Waals surface area contributed by atoms with E-state index in [1.807, 2.05) is 7.11 Å². The molecule has 1 unspecified atom stereocenters. The van der Waals surface area contributed by atoms with Crippen LogP contribution in [0.5, 0.6) is 0 Å². The summed E-state index contributed by atoms with van der Waals surface area (Å²) in [6, 6.07) is 0.634. The average Bonchev–Trinajstić information content (AvgIpc) is 2.10. The van der Waals surface area contributed by atoms with Crippen LogP contribution in [0.3, 0.4) is 0 Å². The van der Waals surface area contributed by atoms with E-state index in [0.29, 0.717) is 6.04 Å². The molecule has 1 aliphatic rings. The second kappa shape index (κ2) is 5.86. The molecule has 1 saturated carbocycles. The molecule has 2 nitrogen and oxygen atoms in total. The van der Waals surface area contributed by atoms with Gasteiger partial charge in [0, 0.05) is 13.2 Å². The maximum absolute atomic E-state index is 5.69. The third-order valence-corrected chi connectivity index (χ3v) is 3.56. The minimum absolute atomic E-state index is 0.210. The highest BCUT2D eigenvalue weighted by atomic mass is 16.5. The first kappa shape index (κ1) is 13.0. The molecule has 1 atom stereocenters. The van der Waals surface area contributed by atoms with Gasteiger partial charge in [0.25, 0.3) is 0 Å². The summed E-state index contributed by atoms with van der Waals surface area (Å²) in [6.45, 7) is 7.85. The van der Waals surface area contributed by atoms with Crippen molar-refractivity contribution in [2.45, 2.75) is 64.5 Å². The Morgan fingerprint density at radius 2 is 2.00 bits per heavy atom. The largest absolute Gasteiger partial charge is 0.378 e. The Kier molecular flexibility index (Phi) is 5.07. The third-order valence-electron chi connectivity index (χ3n) is 3.56. The second-order valence-electron chi connectivity index (χ2n) is 5.33. The minimum atomic E-state index is 0.210. The van der Waals surface area contributed by atoms with Gasteiger partial charge in [-0.15, -0.1) is 0 Å². The Morgan fingerprint density at radius 3 is 2.33 bits per heavy atom. The molecule has 0 radical (unpaired) electrons. The van der Waals surface area contributed by atoms with Crippen LogP contribution in [0, 0.1) is 5.92 Å². The van der Waals surface area contributed by atoms with Gasteiger partial charge < -0.3 is 10.1 Å². The van der Waals surface area contributed by atoms with Crippen LogP contribution in [0.2, 0.25) is 0 Å². The molecule has 0 aromatic heterocycles.